The molecule has 0 heterocycles. The van der Waals surface area contributed by atoms with Crippen LogP contribution in [0.3, 0.4) is 0 Å². The molecule has 0 bridgehead atoms. The van der Waals surface area contributed by atoms with E-state index in [0.29, 0.717) is 0 Å². The number of hydrogen-bond acceptors (Lipinski definition) is 0. The van der Waals surface area contributed by atoms with Crippen molar-refractivity contribution in [3.63, 3.8) is 0 Å². The van der Waals surface area contributed by atoms with Gasteiger partial charge in [0, 0.05) is 0 Å². The molecule has 0 saturated heterocycles. The second kappa shape index (κ2) is 10.4. The van der Waals surface area contributed by atoms with Gasteiger partial charge in [-0.25, -0.2) is 0 Å². The fourth-order valence-corrected chi connectivity index (χ4v) is 5.97. The SMILES string of the molecule is Cc1ccccc1-c1ccc([PH+](c2ccccc2)c2ccccc2)cc1.F[B-](F)(F)F. The summed E-state index contributed by atoms with van der Waals surface area (Å²) in [4.78, 5) is 0. The minimum absolute atomic E-state index is 0.985. The molecule has 0 fully saturated rings. The fourth-order valence-electron chi connectivity index (χ4n) is 3.42. The summed E-state index contributed by atoms with van der Waals surface area (Å²) < 4.78 is 39.0. The Morgan fingerprint density at radius 2 is 0.903 bits per heavy atom. The molecule has 4 aromatic rings. The molecule has 0 radical (unpaired) electrons. The largest absolute Gasteiger partial charge is 0.673 e. The highest BCUT2D eigenvalue weighted by atomic mass is 31.1. The van der Waals surface area contributed by atoms with Gasteiger partial charge in [-0.3, -0.25) is 0 Å². The maximum Gasteiger partial charge on any atom is 0.673 e. The third kappa shape index (κ3) is 6.80. The van der Waals surface area contributed by atoms with Crippen molar-refractivity contribution < 1.29 is 17.3 Å². The van der Waals surface area contributed by atoms with Gasteiger partial charge in [-0.2, -0.15) is 0 Å². The van der Waals surface area contributed by atoms with Gasteiger partial charge in [0.05, 0.1) is 7.92 Å². The van der Waals surface area contributed by atoms with E-state index in [1.807, 2.05) is 0 Å². The highest BCUT2D eigenvalue weighted by Gasteiger charge is 2.25. The van der Waals surface area contributed by atoms with Crippen LogP contribution in [0.1, 0.15) is 5.56 Å². The van der Waals surface area contributed by atoms with Crippen LogP contribution < -0.4 is 15.9 Å². The van der Waals surface area contributed by atoms with Gasteiger partial charge in [-0.1, -0.05) is 72.8 Å². The normalized spacial score (nSPS) is 11.0. The van der Waals surface area contributed by atoms with Gasteiger partial charge >= 0.3 is 7.25 Å². The second-order valence-electron chi connectivity index (χ2n) is 6.99. The highest BCUT2D eigenvalue weighted by molar-refractivity contribution is 7.79. The maximum atomic E-state index is 9.75. The molecule has 4 aromatic carbocycles. The molecular weight excluding hydrogens is 418 g/mol. The van der Waals surface area contributed by atoms with Crippen molar-refractivity contribution in [1.29, 1.82) is 0 Å². The van der Waals surface area contributed by atoms with Crippen molar-refractivity contribution >= 4 is 31.1 Å². The van der Waals surface area contributed by atoms with E-state index >= 15 is 0 Å². The molecule has 0 nitrogen and oxygen atoms in total. The summed E-state index contributed by atoms with van der Waals surface area (Å²) >= 11 is 0. The Bertz CT molecular complexity index is 1040. The molecule has 4 rings (SSSR count). The molecule has 0 aliphatic heterocycles. The Labute approximate surface area is 181 Å². The first kappa shape index (κ1) is 22.8. The molecule has 0 aliphatic rings. The van der Waals surface area contributed by atoms with E-state index in [1.54, 1.807) is 0 Å². The summed E-state index contributed by atoms with van der Waals surface area (Å²) in [6.07, 6.45) is 0. The molecule has 0 atom stereocenters. The minimum Gasteiger partial charge on any atom is -0.418 e. The van der Waals surface area contributed by atoms with E-state index in [1.165, 1.54) is 32.6 Å². The predicted molar refractivity (Wildman–Crippen MR) is 127 cm³/mol. The lowest BCUT2D eigenvalue weighted by Gasteiger charge is -2.12. The van der Waals surface area contributed by atoms with E-state index in [2.05, 4.69) is 116 Å². The Hall–Kier alpha value is -2.91. The van der Waals surface area contributed by atoms with Gasteiger partial charge in [-0.15, -0.1) is 0 Å². The molecule has 0 saturated carbocycles. The number of halogens is 4. The first-order valence-electron chi connectivity index (χ1n) is 9.84. The molecule has 6 heteroatoms. The van der Waals surface area contributed by atoms with Crippen molar-refractivity contribution in [1.82, 2.24) is 0 Å². The lowest BCUT2D eigenvalue weighted by molar-refractivity contribution is 0.368. The summed E-state index contributed by atoms with van der Waals surface area (Å²) in [6, 6.07) is 39.6. The predicted octanol–water partition coefficient (Wildman–Crippen LogP) is 6.45. The quantitative estimate of drug-likeness (QED) is 0.194. The average molecular weight is 440 g/mol. The first-order valence-corrected chi connectivity index (χ1v) is 11.3. The maximum absolute atomic E-state index is 9.75. The van der Waals surface area contributed by atoms with Gasteiger partial charge in [0.2, 0.25) is 0 Å². The van der Waals surface area contributed by atoms with Crippen molar-refractivity contribution in [2.24, 2.45) is 0 Å². The number of hydrogen-bond donors (Lipinski definition) is 0. The summed E-state index contributed by atoms with van der Waals surface area (Å²) in [5, 5.41) is 4.27. The Kier molecular flexibility index (Phi) is 7.65. The Balaban J connectivity index is 0.000000491. The third-order valence-corrected chi connectivity index (χ3v) is 7.49. The van der Waals surface area contributed by atoms with Crippen LogP contribution in [0.2, 0.25) is 0 Å². The third-order valence-electron chi connectivity index (χ3n) is 4.75. The van der Waals surface area contributed by atoms with Gasteiger partial charge < -0.3 is 17.3 Å². The standard InChI is InChI=1S/C25H21P.BF4/c1-20-10-8-9-15-25(20)21-16-18-24(19-17-21)26(22-11-4-2-5-12-22)23-13-6-3-7-14-23;2-1(3,4)5/h2-19H,1H3;/q;-1/p+1. The first-order chi connectivity index (χ1) is 14.8. The number of benzene rings is 4. The van der Waals surface area contributed by atoms with Crippen LogP contribution in [0.25, 0.3) is 11.1 Å². The van der Waals surface area contributed by atoms with E-state index in [4.69, 9.17) is 0 Å². The summed E-state index contributed by atoms with van der Waals surface area (Å²) in [5.74, 6) is 0. The zero-order valence-corrected chi connectivity index (χ0v) is 18.0. The van der Waals surface area contributed by atoms with E-state index in [-0.39, 0.29) is 0 Å². The zero-order chi connectivity index (χ0) is 22.3. The average Bonchev–Trinajstić information content (AvgIpc) is 2.75. The zero-order valence-electron chi connectivity index (χ0n) is 17.0. The summed E-state index contributed by atoms with van der Waals surface area (Å²) in [6.45, 7) is 2.17. The molecule has 0 unspecified atom stereocenters. The highest BCUT2D eigenvalue weighted by Crippen LogP contribution is 2.33. The van der Waals surface area contributed by atoms with Crippen LogP contribution in [0.5, 0.6) is 0 Å². The van der Waals surface area contributed by atoms with Crippen LogP contribution >= 0.6 is 7.92 Å². The van der Waals surface area contributed by atoms with Crippen LogP contribution in [0.15, 0.2) is 109 Å². The van der Waals surface area contributed by atoms with Crippen molar-refractivity contribution in [2.75, 3.05) is 0 Å². The lowest BCUT2D eigenvalue weighted by atomic mass is 10.0. The molecule has 0 aromatic heterocycles. The minimum atomic E-state index is -6.00. The van der Waals surface area contributed by atoms with Gasteiger partial charge in [-0.05, 0) is 60.0 Å². The summed E-state index contributed by atoms with van der Waals surface area (Å²) in [5.41, 5.74) is 3.92. The smallest absolute Gasteiger partial charge is 0.418 e. The van der Waals surface area contributed by atoms with Gasteiger partial charge in [0.25, 0.3) is 0 Å². The molecule has 31 heavy (non-hydrogen) atoms. The van der Waals surface area contributed by atoms with Crippen molar-refractivity contribution in [3.05, 3.63) is 115 Å². The Morgan fingerprint density at radius 1 is 0.516 bits per heavy atom. The second-order valence-corrected chi connectivity index (χ2v) is 9.48. The topological polar surface area (TPSA) is 0 Å². The number of rotatable bonds is 4. The molecular formula is C25H22BF4P. The van der Waals surface area contributed by atoms with Gasteiger partial charge in [0.1, 0.15) is 15.9 Å². The Morgan fingerprint density at radius 3 is 1.35 bits per heavy atom. The van der Waals surface area contributed by atoms with Crippen LogP contribution in [0, 0.1) is 6.92 Å². The summed E-state index contributed by atoms with van der Waals surface area (Å²) in [7, 11) is -6.99. The van der Waals surface area contributed by atoms with E-state index in [9.17, 15) is 17.3 Å². The molecule has 0 aliphatic carbocycles. The van der Waals surface area contributed by atoms with E-state index < -0.39 is 15.2 Å². The number of aryl methyl sites for hydroxylation is 1. The van der Waals surface area contributed by atoms with Crippen molar-refractivity contribution in [2.45, 2.75) is 6.92 Å². The monoisotopic (exact) mass is 440 g/mol. The molecule has 158 valence electrons. The molecule has 0 spiro atoms. The van der Waals surface area contributed by atoms with Crippen molar-refractivity contribution in [3.8, 4) is 11.1 Å². The molecule has 0 N–H and O–H groups in total. The molecule has 0 amide bonds. The van der Waals surface area contributed by atoms with Crippen LogP contribution in [-0.2, 0) is 0 Å². The van der Waals surface area contributed by atoms with Crippen LogP contribution in [0.4, 0.5) is 17.3 Å². The van der Waals surface area contributed by atoms with Gasteiger partial charge in [0.15, 0.2) is 0 Å². The fraction of sp³-hybridized carbons (Fsp3) is 0.0400. The lowest BCUT2D eigenvalue weighted by Crippen LogP contribution is -2.20. The van der Waals surface area contributed by atoms with E-state index in [0.717, 1.165) is 0 Å². The van der Waals surface area contributed by atoms with Crippen LogP contribution in [-0.4, -0.2) is 7.25 Å².